The molecule has 0 aromatic carbocycles. The van der Waals surface area contributed by atoms with Crippen LogP contribution in [-0.2, 0) is 30.5 Å². The minimum absolute atomic E-state index is 0.00181. The highest BCUT2D eigenvalue weighted by atomic mass is 32.2. The number of thioether (sulfide) groups is 1. The van der Waals surface area contributed by atoms with E-state index in [1.54, 1.807) is 19.1 Å². The zero-order valence-corrected chi connectivity index (χ0v) is 19.9. The van der Waals surface area contributed by atoms with Gasteiger partial charge in [0.2, 0.25) is 11.7 Å². The van der Waals surface area contributed by atoms with Gasteiger partial charge in [0.1, 0.15) is 17.8 Å². The quantitative estimate of drug-likeness (QED) is 0.241. The van der Waals surface area contributed by atoms with E-state index in [2.05, 4.69) is 25.9 Å². The number of esters is 1. The number of nitrogens with one attached hydrogen (secondary N) is 3. The molecule has 1 aliphatic heterocycles. The number of carbonyl (C=O) groups excluding carboxylic acids is 5. The Bertz CT molecular complexity index is 1010. The largest absolute Gasteiger partial charge is 0.456 e. The van der Waals surface area contributed by atoms with Crippen molar-refractivity contribution in [1.82, 2.24) is 25.9 Å². The Kier molecular flexibility index (Phi) is 10.4. The molecule has 0 saturated heterocycles. The molecular formula is C22H27N5O6S. The lowest BCUT2D eigenvalue weighted by molar-refractivity contribution is -0.151. The zero-order chi connectivity index (χ0) is 25.1. The second kappa shape index (κ2) is 13.2. The smallest absolute Gasteiger partial charge is 0.328 e. The molecule has 0 saturated carbocycles. The zero-order valence-electron chi connectivity index (χ0n) is 19.1. The van der Waals surface area contributed by atoms with E-state index in [9.17, 15) is 24.0 Å². The highest BCUT2D eigenvalue weighted by molar-refractivity contribution is 8.13. The van der Waals surface area contributed by atoms with Gasteiger partial charge in [0.05, 0.1) is 18.7 Å². The topological polar surface area (TPSA) is 156 Å². The molecule has 2 bridgehead atoms. The van der Waals surface area contributed by atoms with Crippen LogP contribution in [-0.4, -0.2) is 56.7 Å². The summed E-state index contributed by atoms with van der Waals surface area (Å²) in [5.74, 6) is -2.20. The Balaban J connectivity index is 2.24. The summed E-state index contributed by atoms with van der Waals surface area (Å²) in [6, 6.07) is 0.481. The fourth-order valence-electron chi connectivity index (χ4n) is 2.74. The van der Waals surface area contributed by atoms with E-state index in [4.69, 9.17) is 4.74 Å². The number of nitrogens with zero attached hydrogens (tertiary/aromatic N) is 2. The fraction of sp³-hybridized carbons (Fsp3) is 0.409. The van der Waals surface area contributed by atoms with E-state index in [1.807, 2.05) is 0 Å². The Morgan fingerprint density at radius 2 is 2.03 bits per heavy atom. The van der Waals surface area contributed by atoms with Gasteiger partial charge >= 0.3 is 5.97 Å². The normalized spacial score (nSPS) is 21.6. The molecule has 2 atom stereocenters. The minimum Gasteiger partial charge on any atom is -0.456 e. The summed E-state index contributed by atoms with van der Waals surface area (Å²) in [6.07, 6.45) is 5.55. The van der Waals surface area contributed by atoms with Gasteiger partial charge < -0.3 is 20.7 Å². The molecule has 182 valence electrons. The number of carbonyl (C=O) groups is 5. The molecule has 1 aromatic rings. The number of amides is 3. The molecule has 0 spiro atoms. The first-order chi connectivity index (χ1) is 16.2. The maximum Gasteiger partial charge on any atom is 0.328 e. The number of allylic oxidation sites excluding steroid dienone is 2. The van der Waals surface area contributed by atoms with E-state index in [-0.39, 0.29) is 29.6 Å². The summed E-state index contributed by atoms with van der Waals surface area (Å²) in [5.41, 5.74) is 0.296. The number of ether oxygens (including phenoxy) is 1. The number of cyclic esters (lactones) is 1. The van der Waals surface area contributed by atoms with E-state index in [1.165, 1.54) is 43.9 Å². The van der Waals surface area contributed by atoms with Gasteiger partial charge in [-0.05, 0) is 32.4 Å². The lowest BCUT2D eigenvalue weighted by Crippen LogP contribution is -2.44. The van der Waals surface area contributed by atoms with Crippen LogP contribution in [0, 0.1) is 0 Å². The molecule has 0 unspecified atom stereocenters. The van der Waals surface area contributed by atoms with Gasteiger partial charge in [-0.1, -0.05) is 23.9 Å². The molecule has 2 rings (SSSR count). The number of aromatic nitrogens is 2. The number of fused-ring (bicyclic) bond motifs is 2. The lowest BCUT2D eigenvalue weighted by atomic mass is 10.2. The molecule has 2 heterocycles. The van der Waals surface area contributed by atoms with Gasteiger partial charge in [0, 0.05) is 18.9 Å². The third kappa shape index (κ3) is 8.77. The molecule has 0 fully saturated rings. The summed E-state index contributed by atoms with van der Waals surface area (Å²) >= 11 is 1.17. The van der Waals surface area contributed by atoms with Gasteiger partial charge in [-0.25, -0.2) is 14.8 Å². The van der Waals surface area contributed by atoms with Crippen LogP contribution in [0.3, 0.4) is 0 Å². The van der Waals surface area contributed by atoms with Crippen molar-refractivity contribution in [3.63, 3.8) is 0 Å². The van der Waals surface area contributed by atoms with E-state index in [0.29, 0.717) is 17.9 Å². The highest BCUT2D eigenvalue weighted by Crippen LogP contribution is 2.09. The lowest BCUT2D eigenvalue weighted by Gasteiger charge is -2.19. The van der Waals surface area contributed by atoms with E-state index in [0.717, 1.165) is 0 Å². The Morgan fingerprint density at radius 1 is 1.26 bits per heavy atom. The van der Waals surface area contributed by atoms with Gasteiger partial charge in [-0.15, -0.1) is 0 Å². The van der Waals surface area contributed by atoms with Crippen molar-refractivity contribution in [3.8, 4) is 0 Å². The van der Waals surface area contributed by atoms with Crippen molar-refractivity contribution in [1.29, 1.82) is 0 Å². The molecule has 0 aliphatic carbocycles. The first-order valence-electron chi connectivity index (χ1n) is 10.6. The van der Waals surface area contributed by atoms with Crippen molar-refractivity contribution in [2.75, 3.05) is 5.75 Å². The molecule has 1 aliphatic rings. The monoisotopic (exact) mass is 489 g/mol. The van der Waals surface area contributed by atoms with E-state index < -0.39 is 35.8 Å². The third-order valence-electron chi connectivity index (χ3n) is 4.46. The minimum atomic E-state index is -1.06. The summed E-state index contributed by atoms with van der Waals surface area (Å²) in [5, 5.41) is 7.54. The molecule has 12 heteroatoms. The van der Waals surface area contributed by atoms with Crippen LogP contribution in [0.15, 0.2) is 36.2 Å². The molecule has 1 aromatic heterocycles. The van der Waals surface area contributed by atoms with Gasteiger partial charge in [-0.3, -0.25) is 19.2 Å². The SMILES string of the molecule is C/C=C1\NC(=O)c2nccc(n2)CNC(=O)C[C@@H](/C=C/CCSC(C)=O)OC(=O)[C@H](C)NC1=O. The van der Waals surface area contributed by atoms with Crippen LogP contribution in [0.4, 0.5) is 0 Å². The second-order valence-corrected chi connectivity index (χ2v) is 8.51. The van der Waals surface area contributed by atoms with Crippen LogP contribution >= 0.6 is 11.8 Å². The van der Waals surface area contributed by atoms with E-state index >= 15 is 0 Å². The molecule has 3 N–H and O–H groups in total. The van der Waals surface area contributed by atoms with Crippen LogP contribution in [0.5, 0.6) is 0 Å². The van der Waals surface area contributed by atoms with Crippen molar-refractivity contribution in [3.05, 3.63) is 47.7 Å². The number of hydrogen-bond acceptors (Lipinski definition) is 9. The summed E-state index contributed by atoms with van der Waals surface area (Å²) < 4.78 is 5.44. The third-order valence-corrected chi connectivity index (χ3v) is 5.31. The Hall–Kier alpha value is -3.54. The van der Waals surface area contributed by atoms with Crippen LogP contribution < -0.4 is 16.0 Å². The highest BCUT2D eigenvalue weighted by Gasteiger charge is 2.24. The van der Waals surface area contributed by atoms with Crippen molar-refractivity contribution in [2.24, 2.45) is 0 Å². The van der Waals surface area contributed by atoms with Crippen LogP contribution in [0.25, 0.3) is 0 Å². The summed E-state index contributed by atoms with van der Waals surface area (Å²) in [4.78, 5) is 69.1. The van der Waals surface area contributed by atoms with Crippen molar-refractivity contribution in [2.45, 2.75) is 52.3 Å². The average molecular weight is 490 g/mol. The second-order valence-electron chi connectivity index (χ2n) is 7.24. The van der Waals surface area contributed by atoms with Crippen LogP contribution in [0.2, 0.25) is 0 Å². The molecule has 34 heavy (non-hydrogen) atoms. The maximum atomic E-state index is 12.6. The molecule has 11 nitrogen and oxygen atoms in total. The summed E-state index contributed by atoms with van der Waals surface area (Å²) in [7, 11) is 0. The first-order valence-corrected chi connectivity index (χ1v) is 11.6. The predicted molar refractivity (Wildman–Crippen MR) is 124 cm³/mol. The molecular weight excluding hydrogens is 462 g/mol. The number of hydrogen-bond donors (Lipinski definition) is 3. The van der Waals surface area contributed by atoms with Gasteiger partial charge in [-0.2, -0.15) is 0 Å². The molecule has 0 radical (unpaired) electrons. The van der Waals surface area contributed by atoms with Gasteiger partial charge in [0.15, 0.2) is 5.12 Å². The standard InChI is InChI=1S/C22H27N5O6S/c1-4-17-20(30)25-13(2)22(32)33-16(7-5-6-10-34-14(3)28)11-18(29)24-12-15-8-9-23-19(26-15)21(31)27-17/h4-5,7-9,13,16H,6,10-12H2,1-3H3,(H,24,29)(H,25,30)(H,27,31)/b7-5+,17-4-/t13-,16+/m0/s1. The molecule has 3 amide bonds. The first kappa shape index (κ1) is 26.7. The Labute approximate surface area is 201 Å². The van der Waals surface area contributed by atoms with Crippen molar-refractivity contribution < 1.29 is 28.7 Å². The maximum absolute atomic E-state index is 12.6. The average Bonchev–Trinajstić information content (AvgIpc) is 2.79. The fourth-order valence-corrected chi connectivity index (χ4v) is 3.28. The Morgan fingerprint density at radius 3 is 2.74 bits per heavy atom. The van der Waals surface area contributed by atoms with Crippen LogP contribution in [0.1, 0.15) is 49.9 Å². The predicted octanol–water partition coefficient (Wildman–Crippen LogP) is 0.773. The van der Waals surface area contributed by atoms with Gasteiger partial charge in [0.25, 0.3) is 11.8 Å². The number of rotatable bonds is 4. The summed E-state index contributed by atoms with van der Waals surface area (Å²) in [6.45, 7) is 4.47. The van der Waals surface area contributed by atoms with Crippen molar-refractivity contribution >= 4 is 40.6 Å².